The Hall–Kier alpha value is -2.19. The predicted octanol–water partition coefficient (Wildman–Crippen LogP) is 4.35. The van der Waals surface area contributed by atoms with Crippen molar-refractivity contribution in [2.45, 2.75) is 31.3 Å². The summed E-state index contributed by atoms with van der Waals surface area (Å²) in [5, 5.41) is 11.4. The summed E-state index contributed by atoms with van der Waals surface area (Å²) in [6.45, 7) is 0. The third-order valence-electron chi connectivity index (χ3n) is 4.65. The molecular weight excluding hydrogens is 284 g/mol. The number of Topliss-reactive ketones (excluding diaryl/α,β-unsaturated/α-hetero) is 1. The van der Waals surface area contributed by atoms with Crippen molar-refractivity contribution in [3.05, 3.63) is 77.9 Å². The van der Waals surface area contributed by atoms with Crippen LogP contribution in [0.15, 0.2) is 66.7 Å². The summed E-state index contributed by atoms with van der Waals surface area (Å²) in [6, 6.07) is 19.4. The van der Waals surface area contributed by atoms with E-state index in [1.165, 1.54) is 0 Å². The van der Waals surface area contributed by atoms with Gasteiger partial charge in [-0.05, 0) is 30.0 Å². The molecule has 23 heavy (non-hydrogen) atoms. The van der Waals surface area contributed by atoms with Crippen molar-refractivity contribution < 1.29 is 9.90 Å². The van der Waals surface area contributed by atoms with Crippen molar-refractivity contribution in [3.63, 3.8) is 0 Å². The Morgan fingerprint density at radius 1 is 0.957 bits per heavy atom. The first kappa shape index (κ1) is 15.7. The molecule has 0 aromatic heterocycles. The second kappa shape index (κ2) is 6.93. The van der Waals surface area contributed by atoms with Crippen LogP contribution in [0, 0.1) is 5.92 Å². The molecule has 0 spiro atoms. The molecule has 1 saturated carbocycles. The van der Waals surface area contributed by atoms with Crippen molar-refractivity contribution in [3.8, 4) is 0 Å². The first-order chi connectivity index (χ1) is 11.2. The van der Waals surface area contributed by atoms with E-state index in [-0.39, 0.29) is 11.7 Å². The highest BCUT2D eigenvalue weighted by atomic mass is 16.3. The largest absolute Gasteiger partial charge is 0.380 e. The lowest BCUT2D eigenvalue weighted by Crippen LogP contribution is -2.40. The lowest BCUT2D eigenvalue weighted by Gasteiger charge is -2.35. The van der Waals surface area contributed by atoms with E-state index in [4.69, 9.17) is 0 Å². The van der Waals surface area contributed by atoms with Gasteiger partial charge in [-0.15, -0.1) is 0 Å². The maximum Gasteiger partial charge on any atom is 0.139 e. The van der Waals surface area contributed by atoms with Crippen LogP contribution in [0.4, 0.5) is 0 Å². The van der Waals surface area contributed by atoms with E-state index in [2.05, 4.69) is 0 Å². The van der Waals surface area contributed by atoms with Crippen LogP contribution in [0.2, 0.25) is 0 Å². The fourth-order valence-electron chi connectivity index (χ4n) is 3.35. The van der Waals surface area contributed by atoms with Crippen LogP contribution >= 0.6 is 0 Å². The molecule has 118 valence electrons. The molecule has 0 amide bonds. The Kier molecular flexibility index (Phi) is 4.73. The fourth-order valence-corrected chi connectivity index (χ4v) is 3.35. The van der Waals surface area contributed by atoms with Crippen molar-refractivity contribution in [2.75, 3.05) is 0 Å². The summed E-state index contributed by atoms with van der Waals surface area (Å²) in [6.07, 6.45) is 6.94. The highest BCUT2D eigenvalue weighted by molar-refractivity contribution is 5.83. The van der Waals surface area contributed by atoms with Crippen LogP contribution in [-0.2, 0) is 10.4 Å². The molecule has 0 heterocycles. The Labute approximate surface area is 137 Å². The summed E-state index contributed by atoms with van der Waals surface area (Å²) in [7, 11) is 0. The molecule has 2 unspecified atom stereocenters. The third-order valence-corrected chi connectivity index (χ3v) is 4.65. The molecule has 3 rings (SSSR count). The lowest BCUT2D eigenvalue weighted by atomic mass is 9.72. The van der Waals surface area contributed by atoms with Gasteiger partial charge < -0.3 is 5.11 Å². The van der Waals surface area contributed by atoms with Crippen LogP contribution < -0.4 is 0 Å². The number of ketones is 1. The lowest BCUT2D eigenvalue weighted by molar-refractivity contribution is -0.132. The second-order valence-electron chi connectivity index (χ2n) is 6.20. The first-order valence-corrected chi connectivity index (χ1v) is 8.25. The van der Waals surface area contributed by atoms with Gasteiger partial charge in [0.1, 0.15) is 11.4 Å². The summed E-state index contributed by atoms with van der Waals surface area (Å²) >= 11 is 0. The topological polar surface area (TPSA) is 37.3 Å². The SMILES string of the molecule is O=C1CCCCC1C(O)(/C=C/c1ccccc1)c1ccccc1. The predicted molar refractivity (Wildman–Crippen MR) is 92.8 cm³/mol. The fraction of sp³-hybridized carbons (Fsp3) is 0.286. The molecule has 0 saturated heterocycles. The monoisotopic (exact) mass is 306 g/mol. The van der Waals surface area contributed by atoms with Gasteiger partial charge in [-0.3, -0.25) is 4.79 Å². The number of benzene rings is 2. The molecule has 0 radical (unpaired) electrons. The molecule has 2 heteroatoms. The first-order valence-electron chi connectivity index (χ1n) is 8.25. The minimum atomic E-state index is -1.24. The summed E-state index contributed by atoms with van der Waals surface area (Å²) in [4.78, 5) is 12.4. The van der Waals surface area contributed by atoms with Gasteiger partial charge in [-0.25, -0.2) is 0 Å². The summed E-state index contributed by atoms with van der Waals surface area (Å²) in [5.74, 6) is -0.195. The van der Waals surface area contributed by atoms with Crippen LogP contribution in [0.5, 0.6) is 0 Å². The molecule has 2 aromatic rings. The second-order valence-corrected chi connectivity index (χ2v) is 6.20. The van der Waals surface area contributed by atoms with Gasteiger partial charge in [0.05, 0.1) is 5.92 Å². The quantitative estimate of drug-likeness (QED) is 0.912. The molecule has 2 atom stereocenters. The average Bonchev–Trinajstić information content (AvgIpc) is 2.62. The van der Waals surface area contributed by atoms with Crippen LogP contribution in [0.3, 0.4) is 0 Å². The standard InChI is InChI=1S/C21H22O2/c22-20-14-8-7-13-19(20)21(23,18-11-5-2-6-12-18)16-15-17-9-3-1-4-10-17/h1-6,9-12,15-16,19,23H,7-8,13-14H2/b16-15+. The third kappa shape index (κ3) is 3.43. The van der Waals surface area contributed by atoms with Crippen molar-refractivity contribution in [1.29, 1.82) is 0 Å². The van der Waals surface area contributed by atoms with Gasteiger partial charge in [-0.2, -0.15) is 0 Å². The molecule has 1 aliphatic carbocycles. The Morgan fingerprint density at radius 2 is 1.61 bits per heavy atom. The summed E-state index contributed by atoms with van der Waals surface area (Å²) < 4.78 is 0. The van der Waals surface area contributed by atoms with Crippen LogP contribution in [0.1, 0.15) is 36.8 Å². The molecule has 2 aromatic carbocycles. The van der Waals surface area contributed by atoms with Crippen molar-refractivity contribution in [2.24, 2.45) is 5.92 Å². The minimum Gasteiger partial charge on any atom is -0.380 e. The molecular formula is C21H22O2. The number of carbonyl (C=O) groups excluding carboxylic acids is 1. The number of hydrogen-bond donors (Lipinski definition) is 1. The molecule has 1 N–H and O–H groups in total. The number of hydrogen-bond acceptors (Lipinski definition) is 2. The van der Waals surface area contributed by atoms with E-state index < -0.39 is 5.60 Å². The average molecular weight is 306 g/mol. The maximum atomic E-state index is 12.4. The molecule has 1 fully saturated rings. The van der Waals surface area contributed by atoms with E-state index in [0.717, 1.165) is 30.4 Å². The van der Waals surface area contributed by atoms with E-state index in [0.29, 0.717) is 6.42 Å². The zero-order valence-electron chi connectivity index (χ0n) is 13.2. The highest BCUT2D eigenvalue weighted by Gasteiger charge is 2.41. The molecule has 0 aliphatic heterocycles. The number of rotatable bonds is 4. The number of aliphatic hydroxyl groups is 1. The molecule has 2 nitrogen and oxygen atoms in total. The smallest absolute Gasteiger partial charge is 0.139 e. The van der Waals surface area contributed by atoms with E-state index >= 15 is 0 Å². The zero-order chi connectivity index (χ0) is 16.1. The summed E-state index contributed by atoms with van der Waals surface area (Å²) in [5.41, 5.74) is 0.562. The molecule has 0 bridgehead atoms. The van der Waals surface area contributed by atoms with Gasteiger partial charge >= 0.3 is 0 Å². The van der Waals surface area contributed by atoms with Gasteiger partial charge in [0.15, 0.2) is 0 Å². The molecule has 1 aliphatic rings. The van der Waals surface area contributed by atoms with E-state index in [1.807, 2.05) is 66.7 Å². The van der Waals surface area contributed by atoms with Gasteiger partial charge in [-0.1, -0.05) is 73.2 Å². The van der Waals surface area contributed by atoms with Crippen LogP contribution in [-0.4, -0.2) is 10.9 Å². The Bertz CT molecular complexity index is 676. The number of carbonyl (C=O) groups is 1. The van der Waals surface area contributed by atoms with Crippen molar-refractivity contribution >= 4 is 11.9 Å². The minimum absolute atomic E-state index is 0.167. The van der Waals surface area contributed by atoms with Gasteiger partial charge in [0.2, 0.25) is 0 Å². The Morgan fingerprint density at radius 3 is 2.26 bits per heavy atom. The zero-order valence-corrected chi connectivity index (χ0v) is 13.2. The van der Waals surface area contributed by atoms with E-state index in [9.17, 15) is 9.90 Å². The highest BCUT2D eigenvalue weighted by Crippen LogP contribution is 2.39. The Balaban J connectivity index is 1.99. The van der Waals surface area contributed by atoms with Crippen molar-refractivity contribution in [1.82, 2.24) is 0 Å². The van der Waals surface area contributed by atoms with Gasteiger partial charge in [0.25, 0.3) is 0 Å². The van der Waals surface area contributed by atoms with Crippen LogP contribution in [0.25, 0.3) is 6.08 Å². The van der Waals surface area contributed by atoms with E-state index in [1.54, 1.807) is 6.08 Å². The maximum absolute atomic E-state index is 12.4. The normalized spacial score (nSPS) is 21.3. The van der Waals surface area contributed by atoms with Gasteiger partial charge in [0, 0.05) is 6.42 Å².